The Labute approximate surface area is 169 Å². The number of nitrogens with one attached hydrogen (secondary N) is 2. The minimum atomic E-state index is 0.536. The third kappa shape index (κ3) is 4.52. The van der Waals surface area contributed by atoms with Crippen molar-refractivity contribution in [3.05, 3.63) is 65.3 Å². The van der Waals surface area contributed by atoms with E-state index in [0.717, 1.165) is 54.9 Å². The number of nitrogens with zero attached hydrogens (tertiary/aromatic N) is 3. The van der Waals surface area contributed by atoms with Gasteiger partial charge in [0, 0.05) is 35.6 Å². The Morgan fingerprint density at radius 2 is 1.71 bits per heavy atom. The molecule has 4 rings (SSSR count). The summed E-state index contributed by atoms with van der Waals surface area (Å²) in [4.78, 5) is 11.4. The van der Waals surface area contributed by atoms with E-state index < -0.39 is 0 Å². The first-order valence-electron chi connectivity index (χ1n) is 9.24. The number of benzene rings is 2. The maximum atomic E-state index is 5.95. The van der Waals surface area contributed by atoms with Gasteiger partial charge in [0.25, 0.3) is 0 Å². The molecule has 1 aromatic heterocycles. The third-order valence-electron chi connectivity index (χ3n) is 4.47. The smallest absolute Gasteiger partial charge is 0.229 e. The zero-order chi connectivity index (χ0) is 19.3. The number of anilines is 5. The van der Waals surface area contributed by atoms with Crippen molar-refractivity contribution < 1.29 is 4.74 Å². The Bertz CT molecular complexity index is 942. The van der Waals surface area contributed by atoms with Crippen LogP contribution >= 0.6 is 11.6 Å². The normalized spacial score (nSPS) is 14.0. The Balaban J connectivity index is 1.57. The van der Waals surface area contributed by atoms with Gasteiger partial charge in [0.05, 0.1) is 24.6 Å². The van der Waals surface area contributed by atoms with Crippen molar-refractivity contribution in [2.24, 2.45) is 0 Å². The second-order valence-corrected chi connectivity index (χ2v) is 7.03. The third-order valence-corrected chi connectivity index (χ3v) is 4.73. The van der Waals surface area contributed by atoms with Crippen molar-refractivity contribution >= 4 is 40.4 Å². The van der Waals surface area contributed by atoms with Crippen LogP contribution < -0.4 is 15.5 Å². The van der Waals surface area contributed by atoms with E-state index in [1.54, 1.807) is 0 Å². The van der Waals surface area contributed by atoms with E-state index in [-0.39, 0.29) is 0 Å². The number of hydrogen-bond donors (Lipinski definition) is 2. The molecule has 2 aromatic carbocycles. The van der Waals surface area contributed by atoms with Crippen LogP contribution in [-0.4, -0.2) is 36.3 Å². The van der Waals surface area contributed by atoms with Gasteiger partial charge in [0.1, 0.15) is 5.82 Å². The van der Waals surface area contributed by atoms with Gasteiger partial charge in [0.15, 0.2) is 0 Å². The van der Waals surface area contributed by atoms with Crippen molar-refractivity contribution in [1.82, 2.24) is 9.97 Å². The number of aromatic nitrogens is 2. The van der Waals surface area contributed by atoms with Gasteiger partial charge >= 0.3 is 0 Å². The fourth-order valence-electron chi connectivity index (χ4n) is 3.15. The van der Waals surface area contributed by atoms with Crippen molar-refractivity contribution in [3.63, 3.8) is 0 Å². The Morgan fingerprint density at radius 1 is 0.964 bits per heavy atom. The van der Waals surface area contributed by atoms with Gasteiger partial charge < -0.3 is 20.3 Å². The molecule has 1 aliphatic heterocycles. The van der Waals surface area contributed by atoms with E-state index in [0.29, 0.717) is 11.0 Å². The summed E-state index contributed by atoms with van der Waals surface area (Å²) in [6, 6.07) is 17.6. The monoisotopic (exact) mass is 395 g/mol. The lowest BCUT2D eigenvalue weighted by Gasteiger charge is -2.30. The van der Waals surface area contributed by atoms with Gasteiger partial charge in [-0.25, -0.2) is 4.98 Å². The molecular weight excluding hydrogens is 374 g/mol. The maximum absolute atomic E-state index is 5.95. The molecule has 0 atom stereocenters. The summed E-state index contributed by atoms with van der Waals surface area (Å²) >= 11 is 5.95. The van der Waals surface area contributed by atoms with Crippen LogP contribution in [0.3, 0.4) is 0 Å². The highest BCUT2D eigenvalue weighted by Gasteiger charge is 2.15. The molecule has 1 saturated heterocycles. The lowest BCUT2D eigenvalue weighted by molar-refractivity contribution is 0.123. The molecule has 0 amide bonds. The van der Waals surface area contributed by atoms with E-state index in [1.165, 1.54) is 0 Å². The van der Waals surface area contributed by atoms with Gasteiger partial charge in [-0.05, 0) is 43.3 Å². The molecule has 3 aromatic rings. The summed E-state index contributed by atoms with van der Waals surface area (Å²) in [7, 11) is 0. The first kappa shape index (κ1) is 18.5. The average Bonchev–Trinajstić information content (AvgIpc) is 2.70. The van der Waals surface area contributed by atoms with Crippen LogP contribution in [-0.2, 0) is 4.74 Å². The van der Waals surface area contributed by atoms with Crippen LogP contribution in [0.4, 0.5) is 28.8 Å². The van der Waals surface area contributed by atoms with Crippen LogP contribution in [0.1, 0.15) is 5.69 Å². The standard InChI is InChI=1S/C21H22ClN5O/c1-15-14-20(26-21(23-15)24-17-8-6-16(22)7-9-17)25-18-4-2-3-5-19(18)27-10-12-28-13-11-27/h2-9,14H,10-13H2,1H3,(H2,23,24,25,26). The number of halogens is 1. The summed E-state index contributed by atoms with van der Waals surface area (Å²) in [5.41, 5.74) is 3.92. The van der Waals surface area contributed by atoms with E-state index >= 15 is 0 Å². The van der Waals surface area contributed by atoms with Crippen molar-refractivity contribution in [2.45, 2.75) is 6.92 Å². The highest BCUT2D eigenvalue weighted by Crippen LogP contribution is 2.29. The molecule has 0 bridgehead atoms. The molecular formula is C21H22ClN5O. The van der Waals surface area contributed by atoms with Crippen molar-refractivity contribution in [2.75, 3.05) is 41.8 Å². The minimum absolute atomic E-state index is 0.536. The molecule has 0 unspecified atom stereocenters. The molecule has 0 radical (unpaired) electrons. The quantitative estimate of drug-likeness (QED) is 0.649. The van der Waals surface area contributed by atoms with Crippen LogP contribution in [0.15, 0.2) is 54.6 Å². The van der Waals surface area contributed by atoms with Gasteiger partial charge in [-0.15, -0.1) is 0 Å². The predicted molar refractivity (Wildman–Crippen MR) is 114 cm³/mol. The summed E-state index contributed by atoms with van der Waals surface area (Å²) in [6.07, 6.45) is 0. The number of morpholine rings is 1. The molecule has 2 heterocycles. The minimum Gasteiger partial charge on any atom is -0.378 e. The fourth-order valence-corrected chi connectivity index (χ4v) is 3.27. The van der Waals surface area contributed by atoms with Crippen LogP contribution in [0.5, 0.6) is 0 Å². The van der Waals surface area contributed by atoms with Crippen LogP contribution in [0, 0.1) is 6.92 Å². The SMILES string of the molecule is Cc1cc(Nc2ccccc2N2CCOCC2)nc(Nc2ccc(Cl)cc2)n1. The number of ether oxygens (including phenoxy) is 1. The van der Waals surface area contributed by atoms with E-state index in [2.05, 4.69) is 43.7 Å². The number of hydrogen-bond acceptors (Lipinski definition) is 6. The highest BCUT2D eigenvalue weighted by atomic mass is 35.5. The highest BCUT2D eigenvalue weighted by molar-refractivity contribution is 6.30. The molecule has 0 spiro atoms. The predicted octanol–water partition coefficient (Wildman–Crippen LogP) is 4.76. The van der Waals surface area contributed by atoms with Gasteiger partial charge in [-0.3, -0.25) is 0 Å². The molecule has 0 aliphatic carbocycles. The Morgan fingerprint density at radius 3 is 2.50 bits per heavy atom. The number of aryl methyl sites for hydroxylation is 1. The summed E-state index contributed by atoms with van der Waals surface area (Å²) in [6.45, 7) is 5.20. The Hall–Kier alpha value is -2.83. The molecule has 6 nitrogen and oxygen atoms in total. The molecule has 7 heteroatoms. The molecule has 1 aliphatic rings. The van der Waals surface area contributed by atoms with Crippen molar-refractivity contribution in [1.29, 1.82) is 0 Å². The summed E-state index contributed by atoms with van der Waals surface area (Å²) in [5, 5.41) is 7.37. The van der Waals surface area contributed by atoms with Crippen molar-refractivity contribution in [3.8, 4) is 0 Å². The van der Waals surface area contributed by atoms with Gasteiger partial charge in [-0.2, -0.15) is 4.98 Å². The van der Waals surface area contributed by atoms with Crippen LogP contribution in [0.2, 0.25) is 5.02 Å². The zero-order valence-corrected chi connectivity index (χ0v) is 16.4. The maximum Gasteiger partial charge on any atom is 0.229 e. The fraction of sp³-hybridized carbons (Fsp3) is 0.238. The molecule has 28 heavy (non-hydrogen) atoms. The van der Waals surface area contributed by atoms with Gasteiger partial charge in [-0.1, -0.05) is 23.7 Å². The topological polar surface area (TPSA) is 62.3 Å². The molecule has 2 N–H and O–H groups in total. The largest absolute Gasteiger partial charge is 0.378 e. The van der Waals surface area contributed by atoms with Crippen LogP contribution in [0.25, 0.3) is 0 Å². The van der Waals surface area contributed by atoms with E-state index in [1.807, 2.05) is 43.3 Å². The number of rotatable bonds is 5. The second kappa shape index (κ2) is 8.46. The molecule has 0 saturated carbocycles. The first-order valence-corrected chi connectivity index (χ1v) is 9.62. The summed E-state index contributed by atoms with van der Waals surface area (Å²) in [5.74, 6) is 1.28. The molecule has 1 fully saturated rings. The lowest BCUT2D eigenvalue weighted by Crippen LogP contribution is -2.36. The van der Waals surface area contributed by atoms with E-state index in [9.17, 15) is 0 Å². The number of para-hydroxylation sites is 2. The first-order chi connectivity index (χ1) is 13.7. The zero-order valence-electron chi connectivity index (χ0n) is 15.7. The summed E-state index contributed by atoms with van der Waals surface area (Å²) < 4.78 is 5.48. The Kier molecular flexibility index (Phi) is 5.60. The van der Waals surface area contributed by atoms with Gasteiger partial charge in [0.2, 0.25) is 5.95 Å². The average molecular weight is 396 g/mol. The lowest BCUT2D eigenvalue weighted by atomic mass is 10.2. The second-order valence-electron chi connectivity index (χ2n) is 6.59. The van der Waals surface area contributed by atoms with E-state index in [4.69, 9.17) is 16.3 Å². The molecule has 144 valence electrons.